The molecule has 0 aliphatic heterocycles. The first-order valence-corrected chi connectivity index (χ1v) is 6.62. The van der Waals surface area contributed by atoms with Crippen molar-refractivity contribution >= 4 is 11.0 Å². The summed E-state index contributed by atoms with van der Waals surface area (Å²) in [5.41, 5.74) is 7.38. The molecular formula is C14H16FN3. The summed E-state index contributed by atoms with van der Waals surface area (Å²) < 4.78 is 16.1. The normalized spacial score (nSPS) is 21.4. The van der Waals surface area contributed by atoms with Gasteiger partial charge in [-0.1, -0.05) is 6.07 Å². The lowest BCUT2D eigenvalue weighted by molar-refractivity contribution is 0.586. The van der Waals surface area contributed by atoms with Crippen LogP contribution < -0.4 is 5.73 Å². The number of nitrogens with two attached hydrogens (primary N) is 1. The minimum Gasteiger partial charge on any atom is -0.329 e. The molecule has 2 fully saturated rings. The molecule has 0 atom stereocenters. The number of benzene rings is 1. The largest absolute Gasteiger partial charge is 0.329 e. The third kappa shape index (κ3) is 1.29. The highest BCUT2D eigenvalue weighted by Crippen LogP contribution is 2.50. The molecular weight excluding hydrogens is 229 g/mol. The predicted molar refractivity (Wildman–Crippen MR) is 67.9 cm³/mol. The Bertz CT molecular complexity index is 623. The van der Waals surface area contributed by atoms with Crippen LogP contribution in [0.5, 0.6) is 0 Å². The fraction of sp³-hybridized carbons (Fsp3) is 0.500. The maximum Gasteiger partial charge on any atom is 0.151 e. The average Bonchev–Trinajstić information content (AvgIpc) is 3.29. The van der Waals surface area contributed by atoms with Crippen LogP contribution in [0.25, 0.3) is 11.0 Å². The molecule has 2 aromatic rings. The van der Waals surface area contributed by atoms with Crippen molar-refractivity contribution in [2.24, 2.45) is 5.73 Å². The Morgan fingerprint density at radius 1 is 1.39 bits per heavy atom. The third-order valence-corrected chi connectivity index (χ3v) is 4.30. The first kappa shape index (κ1) is 10.5. The number of rotatable bonds is 3. The highest BCUT2D eigenvalue weighted by Gasteiger charge is 2.48. The molecule has 1 aromatic carbocycles. The van der Waals surface area contributed by atoms with Crippen molar-refractivity contribution in [2.45, 2.75) is 37.1 Å². The van der Waals surface area contributed by atoms with Gasteiger partial charge in [-0.2, -0.15) is 0 Å². The second kappa shape index (κ2) is 3.32. The van der Waals surface area contributed by atoms with Gasteiger partial charge in [0, 0.05) is 18.0 Å². The van der Waals surface area contributed by atoms with Crippen LogP contribution >= 0.6 is 0 Å². The smallest absolute Gasteiger partial charge is 0.151 e. The van der Waals surface area contributed by atoms with E-state index in [1.165, 1.54) is 18.9 Å². The van der Waals surface area contributed by atoms with Gasteiger partial charge in [0.05, 0.1) is 5.52 Å². The van der Waals surface area contributed by atoms with Gasteiger partial charge in [-0.25, -0.2) is 9.37 Å². The molecule has 0 spiro atoms. The molecule has 4 rings (SSSR count). The first-order chi connectivity index (χ1) is 8.75. The quantitative estimate of drug-likeness (QED) is 0.903. The van der Waals surface area contributed by atoms with Crippen LogP contribution in [0.4, 0.5) is 4.39 Å². The number of nitrogens with zero attached hydrogens (tertiary/aromatic N) is 2. The minimum atomic E-state index is -0.221. The summed E-state index contributed by atoms with van der Waals surface area (Å²) in [5.74, 6) is 0.800. The Hall–Kier alpha value is -1.42. The van der Waals surface area contributed by atoms with Crippen molar-refractivity contribution in [2.75, 3.05) is 6.54 Å². The van der Waals surface area contributed by atoms with Gasteiger partial charge in [-0.05, 0) is 37.8 Å². The van der Waals surface area contributed by atoms with E-state index in [0.29, 0.717) is 18.1 Å². The fourth-order valence-electron chi connectivity index (χ4n) is 2.83. The van der Waals surface area contributed by atoms with Gasteiger partial charge >= 0.3 is 0 Å². The summed E-state index contributed by atoms with van der Waals surface area (Å²) in [6.45, 7) is 0.616. The molecule has 2 aliphatic carbocycles. The van der Waals surface area contributed by atoms with Crippen LogP contribution in [0.15, 0.2) is 18.2 Å². The molecule has 2 saturated carbocycles. The van der Waals surface area contributed by atoms with Gasteiger partial charge in [0.15, 0.2) is 5.82 Å². The summed E-state index contributed by atoms with van der Waals surface area (Å²) in [7, 11) is 0. The van der Waals surface area contributed by atoms with E-state index in [2.05, 4.69) is 9.55 Å². The predicted octanol–water partition coefficient (Wildman–Crippen LogP) is 2.50. The molecule has 1 aromatic heterocycles. The number of para-hydroxylation sites is 1. The molecule has 94 valence electrons. The van der Waals surface area contributed by atoms with E-state index in [9.17, 15) is 4.39 Å². The minimum absolute atomic E-state index is 0.0219. The monoisotopic (exact) mass is 245 g/mol. The number of halogens is 1. The van der Waals surface area contributed by atoms with E-state index in [-0.39, 0.29) is 11.2 Å². The Morgan fingerprint density at radius 3 is 2.78 bits per heavy atom. The highest BCUT2D eigenvalue weighted by molar-refractivity contribution is 5.77. The second-order valence-corrected chi connectivity index (χ2v) is 5.63. The van der Waals surface area contributed by atoms with Gasteiger partial charge in [0.25, 0.3) is 0 Å². The van der Waals surface area contributed by atoms with Crippen LogP contribution in [0, 0.1) is 5.82 Å². The molecule has 1 heterocycles. The number of imidazole rings is 1. The Kier molecular flexibility index (Phi) is 1.94. The van der Waals surface area contributed by atoms with Crippen LogP contribution in [0.2, 0.25) is 0 Å². The van der Waals surface area contributed by atoms with Gasteiger partial charge in [0.2, 0.25) is 0 Å². The SMILES string of the molecule is NCC1(c2nc3c(F)cccc3n2C2CC2)CC1. The molecule has 4 heteroatoms. The second-order valence-electron chi connectivity index (χ2n) is 5.63. The van der Waals surface area contributed by atoms with Gasteiger partial charge in [-0.3, -0.25) is 0 Å². The Labute approximate surface area is 105 Å². The summed E-state index contributed by atoms with van der Waals surface area (Å²) in [4.78, 5) is 4.59. The molecule has 0 bridgehead atoms. The van der Waals surface area contributed by atoms with Crippen molar-refractivity contribution in [3.8, 4) is 0 Å². The lowest BCUT2D eigenvalue weighted by Gasteiger charge is -2.14. The summed E-state index contributed by atoms with van der Waals surface area (Å²) in [6, 6.07) is 5.73. The highest BCUT2D eigenvalue weighted by atomic mass is 19.1. The van der Waals surface area contributed by atoms with Gasteiger partial charge in [-0.15, -0.1) is 0 Å². The topological polar surface area (TPSA) is 43.8 Å². The molecule has 0 amide bonds. The van der Waals surface area contributed by atoms with Crippen LogP contribution in [0.1, 0.15) is 37.5 Å². The molecule has 2 N–H and O–H groups in total. The zero-order chi connectivity index (χ0) is 12.3. The summed E-state index contributed by atoms with van der Waals surface area (Å²) >= 11 is 0. The zero-order valence-corrected chi connectivity index (χ0v) is 10.2. The maximum atomic E-state index is 13.9. The lowest BCUT2D eigenvalue weighted by atomic mass is 10.1. The number of aromatic nitrogens is 2. The zero-order valence-electron chi connectivity index (χ0n) is 10.2. The first-order valence-electron chi connectivity index (χ1n) is 6.62. The number of hydrogen-bond acceptors (Lipinski definition) is 2. The average molecular weight is 245 g/mol. The third-order valence-electron chi connectivity index (χ3n) is 4.30. The molecule has 3 nitrogen and oxygen atoms in total. The van der Waals surface area contributed by atoms with Crippen LogP contribution in [-0.2, 0) is 5.41 Å². The van der Waals surface area contributed by atoms with Crippen LogP contribution in [-0.4, -0.2) is 16.1 Å². The Morgan fingerprint density at radius 2 is 2.17 bits per heavy atom. The standard InChI is InChI=1S/C14H16FN3/c15-10-2-1-3-11-12(10)17-13(14(8-16)6-7-14)18(11)9-4-5-9/h1-3,9H,4-8,16H2. The Balaban J connectivity index is 2.01. The van der Waals surface area contributed by atoms with Crippen molar-refractivity contribution < 1.29 is 4.39 Å². The lowest BCUT2D eigenvalue weighted by Crippen LogP contribution is -2.24. The van der Waals surface area contributed by atoms with Gasteiger partial charge < -0.3 is 10.3 Å². The van der Waals surface area contributed by atoms with E-state index in [0.717, 1.165) is 24.2 Å². The van der Waals surface area contributed by atoms with Crippen molar-refractivity contribution in [3.63, 3.8) is 0 Å². The summed E-state index contributed by atoms with van der Waals surface area (Å²) in [6.07, 6.45) is 4.52. The van der Waals surface area contributed by atoms with E-state index >= 15 is 0 Å². The van der Waals surface area contributed by atoms with Crippen LogP contribution in [0.3, 0.4) is 0 Å². The fourth-order valence-corrected chi connectivity index (χ4v) is 2.83. The van der Waals surface area contributed by atoms with E-state index < -0.39 is 0 Å². The van der Waals surface area contributed by atoms with Crippen molar-refractivity contribution in [3.05, 3.63) is 29.8 Å². The van der Waals surface area contributed by atoms with Crippen molar-refractivity contribution in [1.29, 1.82) is 0 Å². The number of hydrogen-bond donors (Lipinski definition) is 1. The molecule has 0 saturated heterocycles. The van der Waals surface area contributed by atoms with E-state index in [4.69, 9.17) is 5.73 Å². The van der Waals surface area contributed by atoms with E-state index in [1.54, 1.807) is 6.07 Å². The summed E-state index contributed by atoms with van der Waals surface area (Å²) in [5, 5.41) is 0. The molecule has 0 radical (unpaired) electrons. The maximum absolute atomic E-state index is 13.9. The van der Waals surface area contributed by atoms with Gasteiger partial charge in [0.1, 0.15) is 11.3 Å². The number of fused-ring (bicyclic) bond motifs is 1. The molecule has 0 unspecified atom stereocenters. The van der Waals surface area contributed by atoms with Crippen molar-refractivity contribution in [1.82, 2.24) is 9.55 Å². The van der Waals surface area contributed by atoms with E-state index in [1.807, 2.05) is 6.07 Å². The molecule has 2 aliphatic rings. The molecule has 18 heavy (non-hydrogen) atoms.